The normalized spacial score (nSPS) is 15.2. The monoisotopic (exact) mass is 347 g/mol. The van der Waals surface area contributed by atoms with Gasteiger partial charge in [-0.05, 0) is 24.6 Å². The molecule has 8 heteroatoms. The van der Waals surface area contributed by atoms with Crippen molar-refractivity contribution < 1.29 is 32.2 Å². The number of ether oxygens (including phenoxy) is 3. The maximum atomic E-state index is 12.1. The van der Waals surface area contributed by atoms with Gasteiger partial charge in [0.15, 0.2) is 11.5 Å². The first kappa shape index (κ1) is 18.4. The van der Waals surface area contributed by atoms with E-state index >= 15 is 0 Å². The number of amides is 1. The van der Waals surface area contributed by atoms with Crippen molar-refractivity contribution in [1.29, 1.82) is 0 Å². The van der Waals surface area contributed by atoms with Gasteiger partial charge in [-0.3, -0.25) is 4.79 Å². The number of carbonyl (C=O) groups excluding carboxylic acids is 1. The van der Waals surface area contributed by atoms with Crippen LogP contribution in [0.2, 0.25) is 0 Å². The molecule has 0 aliphatic carbocycles. The highest BCUT2D eigenvalue weighted by Crippen LogP contribution is 2.36. The summed E-state index contributed by atoms with van der Waals surface area (Å²) in [4.78, 5) is 11.9. The predicted octanol–water partition coefficient (Wildman–Crippen LogP) is 2.78. The van der Waals surface area contributed by atoms with Crippen molar-refractivity contribution in [3.63, 3.8) is 0 Å². The van der Waals surface area contributed by atoms with Crippen LogP contribution in [0.1, 0.15) is 26.3 Å². The first-order valence-corrected chi connectivity index (χ1v) is 7.45. The van der Waals surface area contributed by atoms with Crippen LogP contribution < -0.4 is 14.8 Å². The number of hydrogen-bond donors (Lipinski definition) is 1. The second-order valence-electron chi connectivity index (χ2n) is 6.24. The van der Waals surface area contributed by atoms with Gasteiger partial charge in [0, 0.05) is 12.0 Å². The van der Waals surface area contributed by atoms with Crippen LogP contribution in [0, 0.1) is 0 Å². The van der Waals surface area contributed by atoms with Crippen LogP contribution in [0.4, 0.5) is 13.2 Å². The average molecular weight is 347 g/mol. The Bertz CT molecular complexity index is 601. The smallest absolute Gasteiger partial charge is 0.411 e. The van der Waals surface area contributed by atoms with Crippen LogP contribution >= 0.6 is 0 Å². The van der Waals surface area contributed by atoms with Gasteiger partial charge in [-0.15, -0.1) is 0 Å². The highest BCUT2D eigenvalue weighted by molar-refractivity contribution is 5.80. The Balaban J connectivity index is 1.91. The Hall–Kier alpha value is -1.96. The van der Waals surface area contributed by atoms with E-state index in [-0.39, 0.29) is 13.3 Å². The predicted molar refractivity (Wildman–Crippen MR) is 80.1 cm³/mol. The van der Waals surface area contributed by atoms with Crippen LogP contribution in [0.25, 0.3) is 0 Å². The van der Waals surface area contributed by atoms with Crippen molar-refractivity contribution >= 4 is 5.91 Å². The Kier molecular flexibility index (Phi) is 5.27. The molecule has 5 nitrogen and oxygen atoms in total. The summed E-state index contributed by atoms with van der Waals surface area (Å²) in [5, 5.41) is 2.62. The van der Waals surface area contributed by atoms with E-state index in [0.717, 1.165) is 5.56 Å². The van der Waals surface area contributed by atoms with Gasteiger partial charge in [0.05, 0.1) is 0 Å². The summed E-state index contributed by atoms with van der Waals surface area (Å²) in [6.07, 6.45) is -5.64. The Morgan fingerprint density at radius 3 is 2.62 bits per heavy atom. The van der Waals surface area contributed by atoms with E-state index in [0.29, 0.717) is 11.5 Å². The molecule has 1 heterocycles. The quantitative estimate of drug-likeness (QED) is 0.860. The number of benzene rings is 1. The van der Waals surface area contributed by atoms with Crippen molar-refractivity contribution in [2.75, 3.05) is 19.9 Å². The summed E-state index contributed by atoms with van der Waals surface area (Å²) in [7, 11) is 0. The third kappa shape index (κ3) is 4.77. The molecule has 1 unspecified atom stereocenters. The molecule has 134 valence electrons. The molecule has 1 aliphatic heterocycles. The molecule has 1 aliphatic rings. The first-order valence-electron chi connectivity index (χ1n) is 7.45. The van der Waals surface area contributed by atoms with Gasteiger partial charge >= 0.3 is 6.18 Å². The van der Waals surface area contributed by atoms with E-state index in [4.69, 9.17) is 9.47 Å². The lowest BCUT2D eigenvalue weighted by molar-refractivity contribution is -0.185. The second-order valence-corrected chi connectivity index (χ2v) is 6.24. The van der Waals surface area contributed by atoms with E-state index in [1.54, 1.807) is 6.07 Å². The van der Waals surface area contributed by atoms with Gasteiger partial charge in [0.1, 0.15) is 12.7 Å². The number of halogens is 3. The van der Waals surface area contributed by atoms with Gasteiger partial charge in [-0.1, -0.05) is 19.9 Å². The molecule has 1 N–H and O–H groups in total. The van der Waals surface area contributed by atoms with Crippen molar-refractivity contribution in [2.24, 2.45) is 0 Å². The fourth-order valence-electron chi connectivity index (χ4n) is 2.17. The zero-order chi connectivity index (χ0) is 18.0. The van der Waals surface area contributed by atoms with Gasteiger partial charge < -0.3 is 19.5 Å². The topological polar surface area (TPSA) is 56.8 Å². The summed E-state index contributed by atoms with van der Waals surface area (Å²) < 4.78 is 51.4. The lowest BCUT2D eigenvalue weighted by atomic mass is 9.84. The third-order valence-corrected chi connectivity index (χ3v) is 3.72. The molecule has 1 aromatic rings. The first-order chi connectivity index (χ1) is 11.1. The molecule has 0 aromatic heterocycles. The summed E-state index contributed by atoms with van der Waals surface area (Å²) in [6, 6.07) is 5.48. The molecular weight excluding hydrogens is 327 g/mol. The molecule has 1 aromatic carbocycles. The van der Waals surface area contributed by atoms with E-state index in [1.807, 2.05) is 26.0 Å². The van der Waals surface area contributed by atoms with Crippen LogP contribution in [-0.2, 0) is 14.9 Å². The van der Waals surface area contributed by atoms with Crippen LogP contribution in [-0.4, -0.2) is 38.1 Å². The molecule has 0 spiro atoms. The van der Waals surface area contributed by atoms with Crippen molar-refractivity contribution in [1.82, 2.24) is 5.32 Å². The number of rotatable bonds is 6. The maximum absolute atomic E-state index is 12.1. The molecule has 0 bridgehead atoms. The molecule has 2 rings (SSSR count). The molecular formula is C16H20F3NO4. The van der Waals surface area contributed by atoms with E-state index in [1.165, 1.54) is 6.92 Å². The lowest BCUT2D eigenvalue weighted by Crippen LogP contribution is -2.42. The fraction of sp³-hybridized carbons (Fsp3) is 0.562. The van der Waals surface area contributed by atoms with Gasteiger partial charge in [-0.2, -0.15) is 13.2 Å². The van der Waals surface area contributed by atoms with Gasteiger partial charge in [0.25, 0.3) is 0 Å². The number of alkyl halides is 3. The average Bonchev–Trinajstić information content (AvgIpc) is 2.97. The molecule has 0 radical (unpaired) electrons. The minimum Gasteiger partial charge on any atom is -0.454 e. The minimum atomic E-state index is -4.46. The van der Waals surface area contributed by atoms with Crippen molar-refractivity contribution in [3.8, 4) is 11.5 Å². The molecule has 0 saturated carbocycles. The van der Waals surface area contributed by atoms with E-state index < -0.39 is 30.2 Å². The Labute approximate surface area is 138 Å². The van der Waals surface area contributed by atoms with Crippen molar-refractivity contribution in [3.05, 3.63) is 23.8 Å². The summed E-state index contributed by atoms with van der Waals surface area (Å²) in [6.45, 7) is 4.06. The number of hydrogen-bond acceptors (Lipinski definition) is 4. The van der Waals surface area contributed by atoms with Crippen LogP contribution in [0.15, 0.2) is 18.2 Å². The number of nitrogens with one attached hydrogen (secondary N) is 1. The zero-order valence-electron chi connectivity index (χ0n) is 13.7. The fourth-order valence-corrected chi connectivity index (χ4v) is 2.17. The molecule has 24 heavy (non-hydrogen) atoms. The SMILES string of the molecule is CC(OCC(F)(F)F)C(=O)NCC(C)(C)c1ccc2c(c1)OCO2. The molecule has 0 saturated heterocycles. The summed E-state index contributed by atoms with van der Waals surface area (Å²) >= 11 is 0. The minimum absolute atomic E-state index is 0.171. The zero-order valence-corrected chi connectivity index (χ0v) is 13.7. The second kappa shape index (κ2) is 6.88. The van der Waals surface area contributed by atoms with Gasteiger partial charge in [-0.25, -0.2) is 0 Å². The maximum Gasteiger partial charge on any atom is 0.411 e. The molecule has 1 atom stereocenters. The third-order valence-electron chi connectivity index (χ3n) is 3.72. The molecule has 0 fully saturated rings. The highest BCUT2D eigenvalue weighted by Gasteiger charge is 2.30. The summed E-state index contributed by atoms with van der Waals surface area (Å²) in [5.74, 6) is 0.703. The van der Waals surface area contributed by atoms with E-state index in [9.17, 15) is 18.0 Å². The summed E-state index contributed by atoms with van der Waals surface area (Å²) in [5.41, 5.74) is 0.469. The Morgan fingerprint density at radius 1 is 1.29 bits per heavy atom. The largest absolute Gasteiger partial charge is 0.454 e. The number of carbonyl (C=O) groups is 1. The van der Waals surface area contributed by atoms with Crippen molar-refractivity contribution in [2.45, 2.75) is 38.5 Å². The lowest BCUT2D eigenvalue weighted by Gasteiger charge is -2.26. The van der Waals surface area contributed by atoms with Gasteiger partial charge in [0.2, 0.25) is 12.7 Å². The number of fused-ring (bicyclic) bond motifs is 1. The standard InChI is InChI=1S/C16H20F3NO4/c1-10(22-8-16(17,18)19)14(21)20-7-15(2,3)11-4-5-12-13(6-11)24-9-23-12/h4-6,10H,7-9H2,1-3H3,(H,20,21). The van der Waals surface area contributed by atoms with Crippen LogP contribution in [0.3, 0.4) is 0 Å². The van der Waals surface area contributed by atoms with E-state index in [2.05, 4.69) is 10.1 Å². The highest BCUT2D eigenvalue weighted by atomic mass is 19.4. The van der Waals surface area contributed by atoms with Crippen LogP contribution in [0.5, 0.6) is 11.5 Å². The Morgan fingerprint density at radius 2 is 1.96 bits per heavy atom. The molecule has 1 amide bonds.